The zero-order chi connectivity index (χ0) is 17.7. The van der Waals surface area contributed by atoms with E-state index in [9.17, 15) is 4.79 Å². The molecule has 1 amide bonds. The van der Waals surface area contributed by atoms with Gasteiger partial charge >= 0.3 is 0 Å². The van der Waals surface area contributed by atoms with Crippen LogP contribution in [0.15, 0.2) is 28.8 Å². The number of aromatic nitrogens is 2. The van der Waals surface area contributed by atoms with Crippen molar-refractivity contribution in [2.75, 3.05) is 25.1 Å². The quantitative estimate of drug-likeness (QED) is 0.786. The molecular formula is C17H23ClN4O4. The Bertz CT molecular complexity index is 714. The second kappa shape index (κ2) is 8.98. The largest absolute Gasteiger partial charge is 0.484 e. The van der Waals surface area contributed by atoms with Crippen molar-refractivity contribution in [1.82, 2.24) is 10.1 Å². The van der Waals surface area contributed by atoms with Gasteiger partial charge in [0, 0.05) is 25.4 Å². The molecule has 0 saturated carbocycles. The highest BCUT2D eigenvalue weighted by Crippen LogP contribution is 2.31. The van der Waals surface area contributed by atoms with Gasteiger partial charge in [0.25, 0.3) is 5.89 Å². The van der Waals surface area contributed by atoms with Gasteiger partial charge in [-0.15, -0.1) is 12.4 Å². The number of aryl methyl sites for hydroxylation is 1. The Balaban J connectivity index is 0.00000243. The first-order valence-corrected chi connectivity index (χ1v) is 8.23. The summed E-state index contributed by atoms with van der Waals surface area (Å²) in [5.41, 5.74) is 6.00. The van der Waals surface area contributed by atoms with Gasteiger partial charge in [0.2, 0.25) is 5.91 Å². The third kappa shape index (κ3) is 4.72. The number of amides is 1. The van der Waals surface area contributed by atoms with Crippen molar-refractivity contribution < 1.29 is 18.8 Å². The minimum absolute atomic E-state index is 0. The monoisotopic (exact) mass is 382 g/mol. The van der Waals surface area contributed by atoms with Crippen LogP contribution in [-0.4, -0.2) is 35.8 Å². The highest BCUT2D eigenvalue weighted by atomic mass is 35.5. The maximum atomic E-state index is 12.6. The topological polar surface area (TPSA) is 113 Å². The van der Waals surface area contributed by atoms with Crippen molar-refractivity contribution in [2.24, 2.45) is 11.1 Å². The molecule has 26 heavy (non-hydrogen) atoms. The second-order valence-corrected chi connectivity index (χ2v) is 6.10. The van der Waals surface area contributed by atoms with Crippen LogP contribution in [0.1, 0.15) is 24.6 Å². The molecule has 1 aromatic carbocycles. The molecule has 1 aromatic heterocycles. The van der Waals surface area contributed by atoms with Gasteiger partial charge in [-0.3, -0.25) is 4.79 Å². The lowest BCUT2D eigenvalue weighted by atomic mass is 9.79. The molecular weight excluding hydrogens is 360 g/mol. The van der Waals surface area contributed by atoms with Crippen LogP contribution >= 0.6 is 12.4 Å². The van der Waals surface area contributed by atoms with E-state index in [4.69, 9.17) is 19.7 Å². The number of hydrogen-bond donors (Lipinski definition) is 2. The van der Waals surface area contributed by atoms with Gasteiger partial charge in [0.05, 0.1) is 5.41 Å². The summed E-state index contributed by atoms with van der Waals surface area (Å²) in [4.78, 5) is 16.7. The average Bonchev–Trinajstić information content (AvgIpc) is 3.07. The first kappa shape index (κ1) is 20.2. The van der Waals surface area contributed by atoms with E-state index < -0.39 is 5.41 Å². The number of rotatable bonds is 6. The van der Waals surface area contributed by atoms with Crippen molar-refractivity contribution >= 4 is 24.0 Å². The number of hydrogen-bond acceptors (Lipinski definition) is 7. The minimum atomic E-state index is -0.552. The maximum absolute atomic E-state index is 12.6. The van der Waals surface area contributed by atoms with Crippen LogP contribution in [0.4, 0.5) is 5.69 Å². The predicted octanol–water partition coefficient (Wildman–Crippen LogP) is 2.07. The summed E-state index contributed by atoms with van der Waals surface area (Å²) in [5.74, 6) is 1.57. The van der Waals surface area contributed by atoms with E-state index in [0.29, 0.717) is 55.8 Å². The van der Waals surface area contributed by atoms with Crippen LogP contribution in [0.25, 0.3) is 0 Å². The fourth-order valence-corrected chi connectivity index (χ4v) is 2.73. The van der Waals surface area contributed by atoms with Crippen molar-refractivity contribution in [1.29, 1.82) is 0 Å². The lowest BCUT2D eigenvalue weighted by Crippen LogP contribution is -2.46. The van der Waals surface area contributed by atoms with E-state index in [1.54, 1.807) is 31.2 Å². The standard InChI is InChI=1S/C17H22N4O4.ClH/c1-12-19-15(25-21-12)10-24-14-4-2-13(3-5-14)20-16(22)17(11-18)6-8-23-9-7-17;/h2-5H,6-11,18H2,1H3,(H,20,22);1H. The van der Waals surface area contributed by atoms with Crippen molar-refractivity contribution in [3.05, 3.63) is 36.0 Å². The molecule has 0 bridgehead atoms. The molecule has 0 unspecified atom stereocenters. The number of nitrogens with zero attached hydrogens (tertiary/aromatic N) is 2. The Hall–Kier alpha value is -2.16. The molecule has 1 fully saturated rings. The van der Waals surface area contributed by atoms with Gasteiger partial charge in [-0.2, -0.15) is 4.98 Å². The third-order valence-electron chi connectivity index (χ3n) is 4.37. The number of ether oxygens (including phenoxy) is 2. The molecule has 1 saturated heterocycles. The summed E-state index contributed by atoms with van der Waals surface area (Å²) < 4.78 is 15.9. The van der Waals surface area contributed by atoms with Crippen molar-refractivity contribution in [2.45, 2.75) is 26.4 Å². The molecule has 8 nitrogen and oxygen atoms in total. The molecule has 2 heterocycles. The Kier molecular flexibility index (Phi) is 6.96. The number of carbonyl (C=O) groups excluding carboxylic acids is 1. The second-order valence-electron chi connectivity index (χ2n) is 6.10. The van der Waals surface area contributed by atoms with E-state index in [1.165, 1.54) is 0 Å². The summed E-state index contributed by atoms with van der Waals surface area (Å²) in [6, 6.07) is 7.13. The summed E-state index contributed by atoms with van der Waals surface area (Å²) >= 11 is 0. The highest BCUT2D eigenvalue weighted by Gasteiger charge is 2.38. The van der Waals surface area contributed by atoms with Crippen LogP contribution in [0.5, 0.6) is 5.75 Å². The smallest absolute Gasteiger partial charge is 0.264 e. The van der Waals surface area contributed by atoms with Gasteiger partial charge < -0.3 is 25.0 Å². The molecule has 0 aliphatic carbocycles. The Morgan fingerprint density at radius 1 is 1.31 bits per heavy atom. The maximum Gasteiger partial charge on any atom is 0.264 e. The van der Waals surface area contributed by atoms with Crippen LogP contribution in [0.2, 0.25) is 0 Å². The molecule has 3 N–H and O–H groups in total. The van der Waals surface area contributed by atoms with Crippen LogP contribution in [0, 0.1) is 12.3 Å². The highest BCUT2D eigenvalue weighted by molar-refractivity contribution is 5.95. The van der Waals surface area contributed by atoms with Crippen LogP contribution in [-0.2, 0) is 16.1 Å². The fraction of sp³-hybridized carbons (Fsp3) is 0.471. The van der Waals surface area contributed by atoms with E-state index in [1.807, 2.05) is 0 Å². The molecule has 9 heteroatoms. The number of nitrogens with two attached hydrogens (primary N) is 1. The lowest BCUT2D eigenvalue weighted by molar-refractivity contribution is -0.130. The molecule has 2 aromatic rings. The average molecular weight is 383 g/mol. The van der Waals surface area contributed by atoms with E-state index >= 15 is 0 Å². The van der Waals surface area contributed by atoms with Gasteiger partial charge in [-0.25, -0.2) is 0 Å². The molecule has 1 aliphatic heterocycles. The molecule has 0 radical (unpaired) electrons. The number of anilines is 1. The molecule has 1 aliphatic rings. The fourth-order valence-electron chi connectivity index (χ4n) is 2.73. The zero-order valence-electron chi connectivity index (χ0n) is 14.6. The summed E-state index contributed by atoms with van der Waals surface area (Å²) in [6.07, 6.45) is 1.28. The Labute approximate surface area is 157 Å². The van der Waals surface area contributed by atoms with E-state index in [-0.39, 0.29) is 24.9 Å². The van der Waals surface area contributed by atoms with Crippen molar-refractivity contribution in [3.63, 3.8) is 0 Å². The van der Waals surface area contributed by atoms with Crippen molar-refractivity contribution in [3.8, 4) is 5.75 Å². The van der Waals surface area contributed by atoms with Gasteiger partial charge in [-0.05, 0) is 44.0 Å². The zero-order valence-corrected chi connectivity index (χ0v) is 15.4. The first-order valence-electron chi connectivity index (χ1n) is 8.23. The number of halogens is 1. The molecule has 0 atom stereocenters. The van der Waals surface area contributed by atoms with E-state index in [0.717, 1.165) is 0 Å². The van der Waals surface area contributed by atoms with Gasteiger partial charge in [0.15, 0.2) is 12.4 Å². The normalized spacial score (nSPS) is 15.8. The predicted molar refractivity (Wildman–Crippen MR) is 97.2 cm³/mol. The van der Waals surface area contributed by atoms with Crippen LogP contribution < -0.4 is 15.8 Å². The van der Waals surface area contributed by atoms with Gasteiger partial charge in [0.1, 0.15) is 5.75 Å². The van der Waals surface area contributed by atoms with Gasteiger partial charge in [-0.1, -0.05) is 5.16 Å². The summed E-state index contributed by atoms with van der Waals surface area (Å²) in [6.45, 7) is 3.38. The first-order chi connectivity index (χ1) is 12.1. The molecule has 142 valence electrons. The molecule has 3 rings (SSSR count). The summed E-state index contributed by atoms with van der Waals surface area (Å²) in [7, 11) is 0. The SMILES string of the molecule is Cc1noc(COc2ccc(NC(=O)C3(CN)CCOCC3)cc2)n1.Cl. The van der Waals surface area contributed by atoms with Crippen LogP contribution in [0.3, 0.4) is 0 Å². The third-order valence-corrected chi connectivity index (χ3v) is 4.37. The number of nitrogens with one attached hydrogen (secondary N) is 1. The number of benzene rings is 1. The van der Waals surface area contributed by atoms with E-state index in [2.05, 4.69) is 15.5 Å². The summed E-state index contributed by atoms with van der Waals surface area (Å²) in [5, 5.41) is 6.64. The Morgan fingerprint density at radius 2 is 2.00 bits per heavy atom. The number of carbonyl (C=O) groups is 1. The molecule has 0 spiro atoms. The Morgan fingerprint density at radius 3 is 2.58 bits per heavy atom. The lowest BCUT2D eigenvalue weighted by Gasteiger charge is -2.34. The minimum Gasteiger partial charge on any atom is -0.484 e.